The van der Waals surface area contributed by atoms with Crippen LogP contribution in [-0.2, 0) is 14.2 Å². The number of anilines is 1. The molecule has 1 amide bonds. The summed E-state index contributed by atoms with van der Waals surface area (Å²) < 4.78 is 67.0. The normalized spacial score (nSPS) is 17.4. The Morgan fingerprint density at radius 3 is 2.46 bits per heavy atom. The van der Waals surface area contributed by atoms with Crippen molar-refractivity contribution in [3.05, 3.63) is 41.5 Å². The molecule has 2 saturated heterocycles. The molecule has 4 heterocycles. The number of pyridine rings is 1. The lowest BCUT2D eigenvalue weighted by Crippen LogP contribution is -2.50. The minimum absolute atomic E-state index is 0.0111. The molecular weight excluding hydrogens is 726 g/mol. The fourth-order valence-corrected chi connectivity index (χ4v) is 7.27. The number of carbonyl (C=O) groups excluding carboxylic acids is 1. The van der Waals surface area contributed by atoms with E-state index in [9.17, 15) is 4.79 Å². The number of aromatic nitrogens is 3. The molecule has 298 valence electrons. The van der Waals surface area contributed by atoms with Gasteiger partial charge in [0.1, 0.15) is 39.6 Å². The van der Waals surface area contributed by atoms with E-state index in [0.29, 0.717) is 56.3 Å². The number of methoxy groups -OCH3 is 2. The average Bonchev–Trinajstić information content (AvgIpc) is 4.00. The predicted molar refractivity (Wildman–Crippen MR) is 206 cm³/mol. The predicted octanol–water partition coefficient (Wildman–Crippen LogP) is 6.03. The molecule has 15 heteroatoms. The number of rotatable bonds is 11. The van der Waals surface area contributed by atoms with E-state index in [1.54, 1.807) is 23.1 Å². The summed E-state index contributed by atoms with van der Waals surface area (Å²) in [7, 11) is 2.90. The summed E-state index contributed by atoms with van der Waals surface area (Å²) in [5.74, 6) is 1.67. The van der Waals surface area contributed by atoms with Crippen molar-refractivity contribution in [1.29, 1.82) is 0 Å². The Labute approximate surface area is 325 Å². The van der Waals surface area contributed by atoms with Crippen LogP contribution >= 0.6 is 0 Å². The first kappa shape index (κ1) is 39.2. The number of piperazine rings is 1. The third-order valence-corrected chi connectivity index (χ3v) is 10.3. The van der Waals surface area contributed by atoms with Gasteiger partial charge in [0, 0.05) is 75.9 Å². The minimum Gasteiger partial charge on any atom is -0.480 e. The van der Waals surface area contributed by atoms with Crippen molar-refractivity contribution in [2.24, 2.45) is 5.41 Å². The summed E-state index contributed by atoms with van der Waals surface area (Å²) in [6, 6.07) is 6.00. The molecule has 13 nitrogen and oxygen atoms in total. The summed E-state index contributed by atoms with van der Waals surface area (Å²) >= 11 is 0. The standard InChI is InChI=1S/C41H48F2N6O7/c1-7-28-30(42)10-9-26-21-27(55-25-51-5)22-29(31(26)28)34-33(43)35-32(37(44-34)52-6)36(48-14-16-49(17-15-48)39(50)56-40(2,3)4)46-38(45-35)54-24-41(11-12-41)23-47-13-8-19-53-20-18-47/h1,9-10,21-22H,8,11-20,23-25H2,2-6H3. The SMILES string of the molecule is C#Cc1c(F)ccc2cc(OCOC)cc(-c3nc(OC)c4c(N5CCN(C(=O)OC(C)(C)C)CC5)nc(OCC5(CN6CCCOCC6)CC5)nc4c3F)c12. The Hall–Kier alpha value is -5.04. The Kier molecular flexibility index (Phi) is 11.3. The maximum atomic E-state index is 17.4. The van der Waals surface area contributed by atoms with E-state index in [4.69, 9.17) is 39.8 Å². The van der Waals surface area contributed by atoms with Crippen LogP contribution in [0, 0.1) is 29.4 Å². The van der Waals surface area contributed by atoms with Gasteiger partial charge in [0.2, 0.25) is 5.88 Å². The van der Waals surface area contributed by atoms with E-state index in [-0.39, 0.29) is 57.2 Å². The van der Waals surface area contributed by atoms with Crippen LogP contribution in [0.1, 0.15) is 45.6 Å². The number of hydrogen-bond acceptors (Lipinski definition) is 12. The van der Waals surface area contributed by atoms with Crippen LogP contribution in [0.3, 0.4) is 0 Å². The van der Waals surface area contributed by atoms with Crippen molar-refractivity contribution in [2.45, 2.75) is 45.6 Å². The first-order chi connectivity index (χ1) is 26.9. The maximum absolute atomic E-state index is 17.4. The summed E-state index contributed by atoms with van der Waals surface area (Å²) in [4.78, 5) is 33.1. The number of benzene rings is 2. The smallest absolute Gasteiger partial charge is 0.410 e. The molecule has 3 aliphatic rings. The average molecular weight is 775 g/mol. The second-order valence-electron chi connectivity index (χ2n) is 15.5. The Morgan fingerprint density at radius 2 is 1.77 bits per heavy atom. The molecule has 7 rings (SSSR count). The molecule has 2 aliphatic heterocycles. The fourth-order valence-electron chi connectivity index (χ4n) is 7.27. The Balaban J connectivity index is 1.33. The van der Waals surface area contributed by atoms with Crippen LogP contribution in [0.25, 0.3) is 32.9 Å². The van der Waals surface area contributed by atoms with Gasteiger partial charge in [-0.3, -0.25) is 0 Å². The van der Waals surface area contributed by atoms with Gasteiger partial charge < -0.3 is 43.1 Å². The van der Waals surface area contributed by atoms with Crippen LogP contribution in [0.15, 0.2) is 24.3 Å². The quantitative estimate of drug-likeness (QED) is 0.131. The van der Waals surface area contributed by atoms with Crippen molar-refractivity contribution in [3.8, 4) is 41.2 Å². The largest absolute Gasteiger partial charge is 0.480 e. The van der Waals surface area contributed by atoms with Gasteiger partial charge in [0.25, 0.3) is 0 Å². The van der Waals surface area contributed by atoms with E-state index >= 15 is 8.78 Å². The molecule has 56 heavy (non-hydrogen) atoms. The summed E-state index contributed by atoms with van der Waals surface area (Å²) in [6.45, 7) is 11.2. The third kappa shape index (κ3) is 8.37. The number of halogens is 2. The second-order valence-corrected chi connectivity index (χ2v) is 15.5. The van der Waals surface area contributed by atoms with Gasteiger partial charge in [0.05, 0.1) is 25.9 Å². The summed E-state index contributed by atoms with van der Waals surface area (Å²) in [5.41, 5.74) is -0.908. The lowest BCUT2D eigenvalue weighted by atomic mass is 9.95. The van der Waals surface area contributed by atoms with Gasteiger partial charge in [-0.2, -0.15) is 9.97 Å². The van der Waals surface area contributed by atoms with Crippen LogP contribution in [0.2, 0.25) is 0 Å². The number of ether oxygens (including phenoxy) is 6. The van der Waals surface area contributed by atoms with E-state index in [1.165, 1.54) is 20.3 Å². The zero-order chi connectivity index (χ0) is 39.6. The zero-order valence-electron chi connectivity index (χ0n) is 32.6. The first-order valence-corrected chi connectivity index (χ1v) is 18.9. The van der Waals surface area contributed by atoms with Gasteiger partial charge in [0.15, 0.2) is 12.6 Å². The molecule has 3 fully saturated rings. The zero-order valence-corrected chi connectivity index (χ0v) is 32.6. The van der Waals surface area contributed by atoms with Gasteiger partial charge in [-0.15, -0.1) is 6.42 Å². The van der Waals surface area contributed by atoms with Crippen molar-refractivity contribution >= 4 is 33.6 Å². The van der Waals surface area contributed by atoms with Crippen molar-refractivity contribution in [3.63, 3.8) is 0 Å². The van der Waals surface area contributed by atoms with Gasteiger partial charge in [-0.25, -0.2) is 18.6 Å². The highest BCUT2D eigenvalue weighted by Crippen LogP contribution is 2.47. The highest BCUT2D eigenvalue weighted by atomic mass is 19.1. The number of fused-ring (bicyclic) bond motifs is 2. The van der Waals surface area contributed by atoms with Crippen LogP contribution in [0.4, 0.5) is 19.4 Å². The van der Waals surface area contributed by atoms with Crippen molar-refractivity contribution < 1.29 is 42.0 Å². The number of nitrogens with zero attached hydrogens (tertiary/aromatic N) is 6. The molecule has 1 saturated carbocycles. The lowest BCUT2D eigenvalue weighted by molar-refractivity contribution is 0.0240. The maximum Gasteiger partial charge on any atom is 0.410 e. The molecule has 0 atom stereocenters. The number of terminal acetylenes is 1. The van der Waals surface area contributed by atoms with Crippen LogP contribution in [0.5, 0.6) is 17.6 Å². The molecule has 0 bridgehead atoms. The van der Waals surface area contributed by atoms with E-state index in [1.807, 2.05) is 25.7 Å². The molecule has 0 radical (unpaired) electrons. The van der Waals surface area contributed by atoms with Crippen molar-refractivity contribution in [1.82, 2.24) is 24.8 Å². The topological polar surface area (TPSA) is 121 Å². The third-order valence-electron chi connectivity index (χ3n) is 10.3. The van der Waals surface area contributed by atoms with Crippen LogP contribution in [-0.4, -0.2) is 123 Å². The minimum atomic E-state index is -0.815. The second kappa shape index (κ2) is 16.2. The molecule has 0 N–H and O–H groups in total. The van der Waals surface area contributed by atoms with Gasteiger partial charge in [-0.1, -0.05) is 12.0 Å². The van der Waals surface area contributed by atoms with E-state index < -0.39 is 23.3 Å². The molecule has 0 unspecified atom stereocenters. The number of amides is 1. The first-order valence-electron chi connectivity index (χ1n) is 18.9. The molecular formula is C41H48F2N6O7. The molecule has 2 aromatic carbocycles. The summed E-state index contributed by atoms with van der Waals surface area (Å²) in [6.07, 6.45) is 8.34. The molecule has 2 aromatic heterocycles. The van der Waals surface area contributed by atoms with Gasteiger partial charge in [-0.05, 0) is 63.6 Å². The number of carbonyl (C=O) groups is 1. The number of hydrogen-bond donors (Lipinski definition) is 0. The van der Waals surface area contributed by atoms with Crippen molar-refractivity contribution in [2.75, 3.05) is 91.5 Å². The fraction of sp³-hybridized carbons (Fsp3) is 0.512. The van der Waals surface area contributed by atoms with E-state index in [0.717, 1.165) is 45.5 Å². The van der Waals surface area contributed by atoms with E-state index in [2.05, 4.69) is 20.8 Å². The molecule has 0 spiro atoms. The Morgan fingerprint density at radius 1 is 0.982 bits per heavy atom. The highest BCUT2D eigenvalue weighted by Gasteiger charge is 2.45. The Bertz CT molecular complexity index is 2140. The molecule has 1 aliphatic carbocycles. The van der Waals surface area contributed by atoms with Crippen LogP contribution < -0.4 is 19.1 Å². The van der Waals surface area contributed by atoms with Gasteiger partial charge >= 0.3 is 12.1 Å². The molecule has 4 aromatic rings. The summed E-state index contributed by atoms with van der Waals surface area (Å²) in [5, 5.41) is 0.991. The highest BCUT2D eigenvalue weighted by molar-refractivity contribution is 6.04. The lowest BCUT2D eigenvalue weighted by Gasteiger charge is -2.36. The monoisotopic (exact) mass is 774 g/mol.